The summed E-state index contributed by atoms with van der Waals surface area (Å²) < 4.78 is 6.31. The van der Waals surface area contributed by atoms with Crippen molar-refractivity contribution in [3.05, 3.63) is 83.2 Å². The lowest BCUT2D eigenvalue weighted by Gasteiger charge is -2.21. The normalized spacial score (nSPS) is 10.9. The van der Waals surface area contributed by atoms with Crippen molar-refractivity contribution in [2.45, 2.75) is 20.4 Å². The summed E-state index contributed by atoms with van der Waals surface area (Å²) in [5, 5.41) is 0.655. The number of carbonyl (C=O) groups is 1. The van der Waals surface area contributed by atoms with Crippen LogP contribution < -0.4 is 9.64 Å². The zero-order valence-electron chi connectivity index (χ0n) is 16.5. The highest BCUT2D eigenvalue weighted by atomic mass is 32.1. The quantitative estimate of drug-likeness (QED) is 0.462. The molecule has 0 spiro atoms. The Morgan fingerprint density at radius 2 is 2.00 bits per heavy atom. The first-order chi connectivity index (χ1) is 14.0. The van der Waals surface area contributed by atoms with E-state index >= 15 is 0 Å². The van der Waals surface area contributed by atoms with E-state index in [2.05, 4.69) is 4.98 Å². The first-order valence-corrected chi connectivity index (χ1v) is 10.1. The Bertz CT molecular complexity index is 1170. The topological polar surface area (TPSA) is 55.3 Å². The molecule has 0 bridgehead atoms. The van der Waals surface area contributed by atoms with Crippen LogP contribution in [-0.2, 0) is 6.54 Å². The molecule has 6 heteroatoms. The number of hydrogen-bond acceptors (Lipinski definition) is 5. The van der Waals surface area contributed by atoms with Crippen LogP contribution in [0.4, 0.5) is 5.13 Å². The minimum atomic E-state index is -0.0719. The number of nitrogens with zero attached hydrogens (tertiary/aromatic N) is 3. The molecule has 29 heavy (non-hydrogen) atoms. The summed E-state index contributed by atoms with van der Waals surface area (Å²) in [6.45, 7) is 4.39. The van der Waals surface area contributed by atoms with Crippen LogP contribution in [0.2, 0.25) is 0 Å². The molecule has 0 saturated heterocycles. The average molecular weight is 404 g/mol. The number of amides is 1. The second-order valence-corrected chi connectivity index (χ2v) is 7.91. The van der Waals surface area contributed by atoms with Crippen molar-refractivity contribution in [3.8, 4) is 5.75 Å². The second-order valence-electron chi connectivity index (χ2n) is 6.90. The molecule has 0 aliphatic carbocycles. The van der Waals surface area contributed by atoms with Gasteiger partial charge in [-0.2, -0.15) is 0 Å². The predicted octanol–water partition coefficient (Wildman–Crippen LogP) is 5.16. The molecule has 2 aromatic carbocycles. The van der Waals surface area contributed by atoms with Crippen molar-refractivity contribution in [2.75, 3.05) is 12.0 Å². The lowest BCUT2D eigenvalue weighted by atomic mass is 10.0. The van der Waals surface area contributed by atoms with Crippen molar-refractivity contribution in [1.82, 2.24) is 9.97 Å². The molecule has 2 heterocycles. The average Bonchev–Trinajstić information content (AvgIpc) is 3.15. The largest absolute Gasteiger partial charge is 0.497 e. The molecule has 146 valence electrons. The molecule has 1 amide bonds. The SMILES string of the molecule is COc1ccc2sc(N(Cc3cccnc3)C(=O)c3ccc(C)cc3C)nc2c1. The van der Waals surface area contributed by atoms with Crippen LogP contribution in [0, 0.1) is 13.8 Å². The zero-order chi connectivity index (χ0) is 20.4. The van der Waals surface area contributed by atoms with E-state index in [-0.39, 0.29) is 5.91 Å². The molecule has 0 aliphatic heterocycles. The third kappa shape index (κ3) is 3.98. The van der Waals surface area contributed by atoms with E-state index in [4.69, 9.17) is 9.72 Å². The standard InChI is InChI=1S/C23H21N3O2S/c1-15-6-8-19(16(2)11-15)22(27)26(14-17-5-4-10-24-13-17)23-25-20-12-18(28-3)7-9-21(20)29-23/h4-13H,14H2,1-3H3. The number of aryl methyl sites for hydroxylation is 2. The molecule has 0 unspecified atom stereocenters. The maximum absolute atomic E-state index is 13.5. The third-order valence-electron chi connectivity index (χ3n) is 4.74. The van der Waals surface area contributed by atoms with Crippen molar-refractivity contribution in [3.63, 3.8) is 0 Å². The van der Waals surface area contributed by atoms with Gasteiger partial charge in [0, 0.05) is 24.0 Å². The molecular weight excluding hydrogens is 382 g/mol. The van der Waals surface area contributed by atoms with Crippen molar-refractivity contribution in [2.24, 2.45) is 0 Å². The van der Waals surface area contributed by atoms with Crippen molar-refractivity contribution in [1.29, 1.82) is 0 Å². The summed E-state index contributed by atoms with van der Waals surface area (Å²) >= 11 is 1.49. The number of ether oxygens (including phenoxy) is 1. The Hall–Kier alpha value is -3.25. The number of thiazole rings is 1. The van der Waals surface area contributed by atoms with Crippen molar-refractivity contribution < 1.29 is 9.53 Å². The van der Waals surface area contributed by atoms with Crippen LogP contribution in [0.3, 0.4) is 0 Å². The summed E-state index contributed by atoms with van der Waals surface area (Å²) in [5.41, 5.74) is 4.52. The Kier molecular flexibility index (Phi) is 5.27. The van der Waals surface area contributed by atoms with E-state index in [9.17, 15) is 4.79 Å². The fourth-order valence-electron chi connectivity index (χ4n) is 3.24. The number of methoxy groups -OCH3 is 1. The van der Waals surface area contributed by atoms with Gasteiger partial charge in [0.25, 0.3) is 5.91 Å². The fourth-order valence-corrected chi connectivity index (χ4v) is 4.18. The summed E-state index contributed by atoms with van der Waals surface area (Å²) in [5.74, 6) is 0.672. The van der Waals surface area contributed by atoms with Crippen LogP contribution in [0.5, 0.6) is 5.75 Å². The molecule has 0 saturated carbocycles. The predicted molar refractivity (Wildman–Crippen MR) is 117 cm³/mol. The highest BCUT2D eigenvalue weighted by Gasteiger charge is 2.23. The molecule has 0 N–H and O–H groups in total. The van der Waals surface area contributed by atoms with Gasteiger partial charge in [-0.15, -0.1) is 0 Å². The summed E-state index contributed by atoms with van der Waals surface area (Å²) in [6.07, 6.45) is 3.50. The number of rotatable bonds is 5. The minimum Gasteiger partial charge on any atom is -0.497 e. The Morgan fingerprint density at radius 1 is 1.14 bits per heavy atom. The van der Waals surface area contributed by atoms with Gasteiger partial charge in [-0.05, 0) is 49.2 Å². The first-order valence-electron chi connectivity index (χ1n) is 9.28. The molecular formula is C23H21N3O2S. The third-order valence-corrected chi connectivity index (χ3v) is 5.79. The van der Waals surface area contributed by atoms with E-state index in [0.717, 1.165) is 32.7 Å². The summed E-state index contributed by atoms with van der Waals surface area (Å²) in [6, 6.07) is 15.5. The molecule has 0 fully saturated rings. The molecule has 5 nitrogen and oxygen atoms in total. The van der Waals surface area contributed by atoms with Crippen LogP contribution in [0.25, 0.3) is 10.2 Å². The number of fused-ring (bicyclic) bond motifs is 1. The smallest absolute Gasteiger partial charge is 0.260 e. The number of carbonyl (C=O) groups excluding carboxylic acids is 1. The second kappa shape index (κ2) is 8.01. The fraction of sp³-hybridized carbons (Fsp3) is 0.174. The maximum Gasteiger partial charge on any atom is 0.260 e. The van der Waals surface area contributed by atoms with Crippen LogP contribution in [0.15, 0.2) is 60.9 Å². The molecule has 4 rings (SSSR count). The van der Waals surface area contributed by atoms with E-state index in [1.165, 1.54) is 11.3 Å². The molecule has 0 radical (unpaired) electrons. The zero-order valence-corrected chi connectivity index (χ0v) is 17.4. The van der Waals surface area contributed by atoms with Gasteiger partial charge in [-0.3, -0.25) is 14.7 Å². The minimum absolute atomic E-state index is 0.0719. The molecule has 0 atom stereocenters. The number of benzene rings is 2. The number of hydrogen-bond donors (Lipinski definition) is 0. The van der Waals surface area contributed by atoms with Crippen LogP contribution in [-0.4, -0.2) is 23.0 Å². The van der Waals surface area contributed by atoms with Gasteiger partial charge >= 0.3 is 0 Å². The van der Waals surface area contributed by atoms with Gasteiger partial charge in [0.15, 0.2) is 5.13 Å². The molecule has 4 aromatic rings. The van der Waals surface area contributed by atoms with Crippen LogP contribution >= 0.6 is 11.3 Å². The molecule has 0 aliphatic rings. The number of aromatic nitrogens is 2. The van der Waals surface area contributed by atoms with E-state index in [1.807, 2.05) is 62.4 Å². The molecule has 2 aromatic heterocycles. The highest BCUT2D eigenvalue weighted by Crippen LogP contribution is 2.33. The van der Waals surface area contributed by atoms with Gasteiger partial charge in [-0.25, -0.2) is 4.98 Å². The number of anilines is 1. The Balaban J connectivity index is 1.78. The van der Waals surface area contributed by atoms with Gasteiger partial charge in [0.05, 0.1) is 23.9 Å². The van der Waals surface area contributed by atoms with Crippen molar-refractivity contribution >= 4 is 32.6 Å². The van der Waals surface area contributed by atoms with Gasteiger partial charge in [0.1, 0.15) is 5.75 Å². The first kappa shape index (κ1) is 19.1. The lowest BCUT2D eigenvalue weighted by molar-refractivity contribution is 0.0984. The summed E-state index contributed by atoms with van der Waals surface area (Å²) in [7, 11) is 1.63. The van der Waals surface area contributed by atoms with Gasteiger partial charge < -0.3 is 4.74 Å². The van der Waals surface area contributed by atoms with Gasteiger partial charge in [-0.1, -0.05) is 35.1 Å². The van der Waals surface area contributed by atoms with Gasteiger partial charge in [0.2, 0.25) is 0 Å². The summed E-state index contributed by atoms with van der Waals surface area (Å²) in [4.78, 5) is 24.2. The monoisotopic (exact) mass is 403 g/mol. The van der Waals surface area contributed by atoms with E-state index < -0.39 is 0 Å². The number of pyridine rings is 1. The van der Waals surface area contributed by atoms with E-state index in [0.29, 0.717) is 17.2 Å². The highest BCUT2D eigenvalue weighted by molar-refractivity contribution is 7.22. The Morgan fingerprint density at radius 3 is 2.72 bits per heavy atom. The Labute approximate surface area is 173 Å². The van der Waals surface area contributed by atoms with Crippen LogP contribution in [0.1, 0.15) is 27.0 Å². The van der Waals surface area contributed by atoms with E-state index in [1.54, 1.807) is 24.4 Å². The lowest BCUT2D eigenvalue weighted by Crippen LogP contribution is -2.31. The maximum atomic E-state index is 13.5.